The molecule has 5 N–H and O–H groups in total. The average Bonchev–Trinajstić information content (AvgIpc) is 3.46. The summed E-state index contributed by atoms with van der Waals surface area (Å²) >= 11 is 1.54. The average molecular weight is 684 g/mol. The highest BCUT2D eigenvalue weighted by Crippen LogP contribution is 2.22. The number of carbonyl (C=O) groups is 4. The minimum Gasteiger partial charge on any atom is -0.445 e. The fraction of sp³-hybridized carbons (Fsp3) is 0.583. The SMILES string of the molecule is CSCC[C@H](NC(=O)OCc1cccnc1)C(=O)N[C@@H](CC(C)C)[C@@H](O)C[C@@H](C)C(=O)N[C@H](C(=O)NC1Cc2ccccc2C1)C(C)C. The second-order valence-corrected chi connectivity index (χ2v) is 14.5. The number of alkyl carbamates (subject to hydrolysis) is 1. The first-order valence-electron chi connectivity index (χ1n) is 16.8. The molecule has 1 aromatic carbocycles. The van der Waals surface area contributed by atoms with E-state index in [1.807, 2.05) is 46.1 Å². The van der Waals surface area contributed by atoms with Crippen molar-refractivity contribution < 1.29 is 29.0 Å². The number of nitrogens with zero attached hydrogens (tertiary/aromatic N) is 1. The predicted octanol–water partition coefficient (Wildman–Crippen LogP) is 3.77. The van der Waals surface area contributed by atoms with E-state index in [4.69, 9.17) is 4.74 Å². The van der Waals surface area contributed by atoms with Crippen LogP contribution in [0.15, 0.2) is 48.8 Å². The Balaban J connectivity index is 1.57. The molecule has 0 saturated heterocycles. The molecule has 4 amide bonds. The van der Waals surface area contributed by atoms with Crippen LogP contribution < -0.4 is 21.3 Å². The Kier molecular flexibility index (Phi) is 15.7. The molecule has 0 saturated carbocycles. The van der Waals surface area contributed by atoms with Crippen LogP contribution in [0.1, 0.15) is 70.6 Å². The molecule has 1 aliphatic carbocycles. The van der Waals surface area contributed by atoms with Crippen molar-refractivity contribution in [1.82, 2.24) is 26.3 Å². The number of nitrogens with one attached hydrogen (secondary N) is 4. The third-order valence-electron chi connectivity index (χ3n) is 8.52. The summed E-state index contributed by atoms with van der Waals surface area (Å²) < 4.78 is 5.30. The Morgan fingerprint density at radius 1 is 0.917 bits per heavy atom. The van der Waals surface area contributed by atoms with Gasteiger partial charge in [0.25, 0.3) is 0 Å². The maximum atomic E-state index is 13.4. The minimum atomic E-state index is -1.04. The monoisotopic (exact) mass is 683 g/mol. The van der Waals surface area contributed by atoms with Gasteiger partial charge in [-0.1, -0.05) is 65.0 Å². The summed E-state index contributed by atoms with van der Waals surface area (Å²) in [5, 5.41) is 22.9. The van der Waals surface area contributed by atoms with Crippen LogP contribution in [0.4, 0.5) is 4.79 Å². The summed E-state index contributed by atoms with van der Waals surface area (Å²) in [7, 11) is 0. The molecule has 0 unspecified atom stereocenters. The fourth-order valence-corrected chi connectivity index (χ4v) is 6.31. The van der Waals surface area contributed by atoms with Gasteiger partial charge in [0.05, 0.1) is 12.1 Å². The van der Waals surface area contributed by atoms with Crippen molar-refractivity contribution in [2.24, 2.45) is 17.8 Å². The summed E-state index contributed by atoms with van der Waals surface area (Å²) in [6, 6.07) is 9.38. The van der Waals surface area contributed by atoms with Crippen LogP contribution in [-0.4, -0.2) is 76.2 Å². The zero-order valence-corrected chi connectivity index (χ0v) is 29.8. The highest BCUT2D eigenvalue weighted by molar-refractivity contribution is 7.98. The molecule has 0 spiro atoms. The molecule has 48 heavy (non-hydrogen) atoms. The van der Waals surface area contributed by atoms with E-state index in [1.54, 1.807) is 43.2 Å². The van der Waals surface area contributed by atoms with Crippen molar-refractivity contribution >= 4 is 35.6 Å². The summed E-state index contributed by atoms with van der Waals surface area (Å²) in [6.45, 7) is 9.46. The van der Waals surface area contributed by atoms with E-state index in [1.165, 1.54) is 11.1 Å². The van der Waals surface area contributed by atoms with Crippen LogP contribution in [0.2, 0.25) is 0 Å². The Hall–Kier alpha value is -3.64. The molecule has 1 aliphatic rings. The third kappa shape index (κ3) is 12.4. The molecule has 12 heteroatoms. The van der Waals surface area contributed by atoms with Crippen molar-refractivity contribution in [3.8, 4) is 0 Å². The van der Waals surface area contributed by atoms with Gasteiger partial charge in [0.2, 0.25) is 17.7 Å². The normalized spacial score (nSPS) is 15.9. The first kappa shape index (κ1) is 38.8. The maximum Gasteiger partial charge on any atom is 0.408 e. The molecule has 0 radical (unpaired) electrons. The number of aliphatic hydroxyl groups is 1. The van der Waals surface area contributed by atoms with Gasteiger partial charge in [0.15, 0.2) is 0 Å². The zero-order chi connectivity index (χ0) is 35.2. The van der Waals surface area contributed by atoms with Crippen molar-refractivity contribution in [2.75, 3.05) is 12.0 Å². The van der Waals surface area contributed by atoms with Gasteiger partial charge in [-0.05, 0) is 73.1 Å². The van der Waals surface area contributed by atoms with E-state index in [0.29, 0.717) is 18.6 Å². The van der Waals surface area contributed by atoms with Crippen LogP contribution in [0, 0.1) is 17.8 Å². The molecule has 1 aromatic heterocycles. The topological polar surface area (TPSA) is 159 Å². The number of amides is 4. The molecular weight excluding hydrogens is 630 g/mol. The van der Waals surface area contributed by atoms with Crippen LogP contribution >= 0.6 is 11.8 Å². The van der Waals surface area contributed by atoms with Gasteiger partial charge in [-0.2, -0.15) is 11.8 Å². The molecule has 3 rings (SSSR count). The Labute approximate surface area is 289 Å². The number of thioether (sulfide) groups is 1. The Morgan fingerprint density at radius 2 is 1.60 bits per heavy atom. The Morgan fingerprint density at radius 3 is 2.19 bits per heavy atom. The molecule has 264 valence electrons. The lowest BCUT2D eigenvalue weighted by molar-refractivity contribution is -0.133. The smallest absolute Gasteiger partial charge is 0.408 e. The first-order valence-corrected chi connectivity index (χ1v) is 18.2. The molecule has 5 atom stereocenters. The molecule has 2 aromatic rings. The number of benzene rings is 1. The lowest BCUT2D eigenvalue weighted by Crippen LogP contribution is -2.54. The van der Waals surface area contributed by atoms with E-state index < -0.39 is 42.1 Å². The van der Waals surface area contributed by atoms with Crippen molar-refractivity contribution in [3.63, 3.8) is 0 Å². The van der Waals surface area contributed by atoms with Gasteiger partial charge in [-0.15, -0.1) is 0 Å². The number of hydrogen-bond acceptors (Lipinski definition) is 8. The van der Waals surface area contributed by atoms with Gasteiger partial charge < -0.3 is 31.1 Å². The first-order chi connectivity index (χ1) is 22.9. The summed E-state index contributed by atoms with van der Waals surface area (Å²) in [5.41, 5.74) is 3.17. The second-order valence-electron chi connectivity index (χ2n) is 13.5. The van der Waals surface area contributed by atoms with Crippen LogP contribution in [-0.2, 0) is 38.6 Å². The second kappa shape index (κ2) is 19.4. The van der Waals surface area contributed by atoms with Crippen molar-refractivity contribution in [1.29, 1.82) is 0 Å². The van der Waals surface area contributed by atoms with Crippen molar-refractivity contribution in [2.45, 2.75) is 104 Å². The largest absolute Gasteiger partial charge is 0.445 e. The van der Waals surface area contributed by atoms with E-state index in [0.717, 1.165) is 18.4 Å². The number of aromatic nitrogens is 1. The van der Waals surface area contributed by atoms with E-state index in [9.17, 15) is 24.3 Å². The Bertz CT molecular complexity index is 1320. The van der Waals surface area contributed by atoms with Crippen LogP contribution in [0.5, 0.6) is 0 Å². The molecule has 11 nitrogen and oxygen atoms in total. The number of hydrogen-bond donors (Lipinski definition) is 5. The standard InChI is InChI=1S/C36H53N5O6S/c1-22(2)16-30(39-34(44)29(13-15-48-6)40-36(46)47-21-25-10-9-14-37-20-25)31(42)17-24(5)33(43)41-32(23(3)4)35(45)38-28-18-26-11-7-8-12-27(26)19-28/h7-12,14,20,22-24,28-32,42H,13,15-19,21H2,1-6H3,(H,38,45)(H,39,44)(H,40,46)(H,41,43)/t24-,29+,30+,31+,32+/m1/s1. The summed E-state index contributed by atoms with van der Waals surface area (Å²) in [4.78, 5) is 56.7. The van der Waals surface area contributed by atoms with E-state index >= 15 is 0 Å². The summed E-state index contributed by atoms with van der Waals surface area (Å²) in [5.74, 6) is -1.04. The fourth-order valence-electron chi connectivity index (χ4n) is 5.84. The lowest BCUT2D eigenvalue weighted by Gasteiger charge is -2.30. The van der Waals surface area contributed by atoms with E-state index in [-0.39, 0.29) is 42.7 Å². The van der Waals surface area contributed by atoms with Gasteiger partial charge in [0.1, 0.15) is 18.7 Å². The molecule has 0 fully saturated rings. The molecule has 0 aliphatic heterocycles. The third-order valence-corrected chi connectivity index (χ3v) is 9.16. The van der Waals surface area contributed by atoms with Gasteiger partial charge in [0, 0.05) is 29.9 Å². The van der Waals surface area contributed by atoms with E-state index in [2.05, 4.69) is 38.4 Å². The minimum absolute atomic E-state index is 0.0132. The van der Waals surface area contributed by atoms with Gasteiger partial charge >= 0.3 is 6.09 Å². The molecule has 1 heterocycles. The summed E-state index contributed by atoms with van der Waals surface area (Å²) in [6.07, 6.45) is 5.77. The van der Waals surface area contributed by atoms with Crippen LogP contribution in [0.25, 0.3) is 0 Å². The number of pyridine rings is 1. The van der Waals surface area contributed by atoms with Crippen LogP contribution in [0.3, 0.4) is 0 Å². The molecular formula is C36H53N5O6S. The van der Waals surface area contributed by atoms with Gasteiger partial charge in [-0.25, -0.2) is 4.79 Å². The number of fused-ring (bicyclic) bond motifs is 1. The van der Waals surface area contributed by atoms with Gasteiger partial charge in [-0.3, -0.25) is 19.4 Å². The number of carbonyl (C=O) groups excluding carboxylic acids is 4. The number of aliphatic hydroxyl groups excluding tert-OH is 1. The number of rotatable bonds is 18. The predicted molar refractivity (Wildman–Crippen MR) is 188 cm³/mol. The highest BCUT2D eigenvalue weighted by atomic mass is 32.2. The lowest BCUT2D eigenvalue weighted by atomic mass is 9.91. The maximum absolute atomic E-state index is 13.4. The highest BCUT2D eigenvalue weighted by Gasteiger charge is 2.33. The zero-order valence-electron chi connectivity index (χ0n) is 29.0. The van der Waals surface area contributed by atoms with Crippen molar-refractivity contribution in [3.05, 3.63) is 65.5 Å². The molecule has 0 bridgehead atoms. The number of ether oxygens (including phenoxy) is 1. The quantitative estimate of drug-likeness (QED) is 0.159.